The van der Waals surface area contributed by atoms with E-state index in [9.17, 15) is 0 Å². The molecule has 1 atom stereocenters. The van der Waals surface area contributed by atoms with Crippen LogP contribution in [0.15, 0.2) is 24.5 Å². The summed E-state index contributed by atoms with van der Waals surface area (Å²) in [5, 5.41) is 0.977. The standard InChI is InChI=1S/C14H17N3O2/c1-10-3-2-4-12-13(10)15-9-16-14(12)17-19-8-11-5-6-18-7-11/h2-4,9,11H,5-8H2,1H3,(H,15,16,17). The number of benzene rings is 1. The van der Waals surface area contributed by atoms with Gasteiger partial charge >= 0.3 is 0 Å². The maximum absolute atomic E-state index is 5.53. The monoisotopic (exact) mass is 259 g/mol. The summed E-state index contributed by atoms with van der Waals surface area (Å²) in [5.74, 6) is 1.19. The van der Waals surface area contributed by atoms with Gasteiger partial charge in [-0.3, -0.25) is 4.84 Å². The van der Waals surface area contributed by atoms with Gasteiger partial charge < -0.3 is 4.74 Å². The van der Waals surface area contributed by atoms with Crippen LogP contribution in [0, 0.1) is 12.8 Å². The predicted octanol–water partition coefficient (Wildman–Crippen LogP) is 2.32. The van der Waals surface area contributed by atoms with Crippen molar-refractivity contribution in [3.8, 4) is 0 Å². The van der Waals surface area contributed by atoms with Crippen LogP contribution in [0.2, 0.25) is 0 Å². The van der Waals surface area contributed by atoms with Crippen molar-refractivity contribution >= 4 is 16.7 Å². The van der Waals surface area contributed by atoms with E-state index in [-0.39, 0.29) is 0 Å². The molecule has 0 saturated carbocycles. The van der Waals surface area contributed by atoms with E-state index >= 15 is 0 Å². The molecule has 1 aromatic heterocycles. The lowest BCUT2D eigenvalue weighted by Crippen LogP contribution is -2.13. The Morgan fingerprint density at radius 3 is 3.21 bits per heavy atom. The highest BCUT2D eigenvalue weighted by molar-refractivity contribution is 5.90. The van der Waals surface area contributed by atoms with Crippen molar-refractivity contribution in [1.29, 1.82) is 0 Å². The second-order valence-corrected chi connectivity index (χ2v) is 4.84. The number of para-hydroxylation sites is 1. The number of hydrogen-bond donors (Lipinski definition) is 1. The number of ether oxygens (including phenoxy) is 1. The first kappa shape index (κ1) is 12.3. The third kappa shape index (κ3) is 2.67. The SMILES string of the molecule is Cc1cccc2c(NOCC3CCOC3)ncnc12. The Balaban J connectivity index is 1.72. The molecule has 0 radical (unpaired) electrons. The summed E-state index contributed by atoms with van der Waals surface area (Å²) >= 11 is 0. The Morgan fingerprint density at radius 1 is 1.42 bits per heavy atom. The molecule has 1 aliphatic rings. The number of nitrogens with one attached hydrogen (secondary N) is 1. The van der Waals surface area contributed by atoms with Crippen LogP contribution >= 0.6 is 0 Å². The van der Waals surface area contributed by atoms with Crippen molar-refractivity contribution in [2.75, 3.05) is 25.3 Å². The fourth-order valence-corrected chi connectivity index (χ4v) is 2.26. The largest absolute Gasteiger partial charge is 0.381 e. The van der Waals surface area contributed by atoms with Crippen molar-refractivity contribution in [1.82, 2.24) is 9.97 Å². The molecule has 2 heterocycles. The third-order valence-electron chi connectivity index (χ3n) is 3.38. The number of aromatic nitrogens is 2. The summed E-state index contributed by atoms with van der Waals surface area (Å²) in [5.41, 5.74) is 5.02. The van der Waals surface area contributed by atoms with E-state index in [1.807, 2.05) is 25.1 Å². The Hall–Kier alpha value is -1.72. The second kappa shape index (κ2) is 5.50. The lowest BCUT2D eigenvalue weighted by atomic mass is 10.1. The minimum atomic E-state index is 0.474. The Kier molecular flexibility index (Phi) is 3.57. The van der Waals surface area contributed by atoms with Gasteiger partial charge in [0.15, 0.2) is 5.82 Å². The Morgan fingerprint density at radius 2 is 2.37 bits per heavy atom. The number of anilines is 1. The van der Waals surface area contributed by atoms with Crippen LogP contribution in [0.3, 0.4) is 0 Å². The molecule has 100 valence electrons. The topological polar surface area (TPSA) is 56.3 Å². The molecular weight excluding hydrogens is 242 g/mol. The van der Waals surface area contributed by atoms with Crippen LogP contribution in [0.1, 0.15) is 12.0 Å². The smallest absolute Gasteiger partial charge is 0.160 e. The summed E-state index contributed by atoms with van der Waals surface area (Å²) in [7, 11) is 0. The molecule has 0 spiro atoms. The number of fused-ring (bicyclic) bond motifs is 1. The molecule has 1 aromatic carbocycles. The van der Waals surface area contributed by atoms with Gasteiger partial charge in [0, 0.05) is 17.9 Å². The first-order valence-corrected chi connectivity index (χ1v) is 6.50. The highest BCUT2D eigenvalue weighted by atomic mass is 16.6. The maximum atomic E-state index is 5.53. The van der Waals surface area contributed by atoms with Crippen molar-refractivity contribution < 1.29 is 9.57 Å². The summed E-state index contributed by atoms with van der Waals surface area (Å²) in [6.07, 6.45) is 2.62. The molecule has 1 fully saturated rings. The van der Waals surface area contributed by atoms with E-state index in [0.717, 1.165) is 36.1 Å². The quantitative estimate of drug-likeness (QED) is 0.854. The highest BCUT2D eigenvalue weighted by Crippen LogP contribution is 2.22. The van der Waals surface area contributed by atoms with Crippen molar-refractivity contribution in [2.45, 2.75) is 13.3 Å². The molecular formula is C14H17N3O2. The van der Waals surface area contributed by atoms with Gasteiger partial charge in [0.25, 0.3) is 0 Å². The number of aryl methyl sites for hydroxylation is 1. The summed E-state index contributed by atoms with van der Waals surface area (Å²) in [6, 6.07) is 6.03. The molecule has 0 bridgehead atoms. The van der Waals surface area contributed by atoms with Crippen LogP contribution in [-0.4, -0.2) is 29.8 Å². The molecule has 1 saturated heterocycles. The van der Waals surface area contributed by atoms with Crippen molar-refractivity contribution in [3.05, 3.63) is 30.1 Å². The fraction of sp³-hybridized carbons (Fsp3) is 0.429. The van der Waals surface area contributed by atoms with Gasteiger partial charge in [0.2, 0.25) is 0 Å². The molecule has 1 aliphatic heterocycles. The van der Waals surface area contributed by atoms with Gasteiger partial charge in [-0.1, -0.05) is 12.1 Å². The number of nitrogens with zero attached hydrogens (tertiary/aromatic N) is 2. The molecule has 5 nitrogen and oxygen atoms in total. The first-order valence-electron chi connectivity index (χ1n) is 6.50. The number of hydrogen-bond acceptors (Lipinski definition) is 5. The van der Waals surface area contributed by atoms with Crippen LogP contribution in [0.4, 0.5) is 5.82 Å². The zero-order valence-electron chi connectivity index (χ0n) is 10.9. The molecule has 1 unspecified atom stereocenters. The van der Waals surface area contributed by atoms with Gasteiger partial charge in [0.1, 0.15) is 6.33 Å². The lowest BCUT2D eigenvalue weighted by Gasteiger charge is -2.11. The van der Waals surface area contributed by atoms with Crippen LogP contribution < -0.4 is 5.48 Å². The maximum Gasteiger partial charge on any atom is 0.160 e. The van der Waals surface area contributed by atoms with E-state index in [1.54, 1.807) is 6.33 Å². The lowest BCUT2D eigenvalue weighted by molar-refractivity contribution is 0.126. The fourth-order valence-electron chi connectivity index (χ4n) is 2.26. The normalized spacial score (nSPS) is 18.9. The zero-order valence-corrected chi connectivity index (χ0v) is 10.9. The molecule has 2 aromatic rings. The zero-order chi connectivity index (χ0) is 13.1. The average molecular weight is 259 g/mol. The highest BCUT2D eigenvalue weighted by Gasteiger charge is 2.16. The van der Waals surface area contributed by atoms with Crippen molar-refractivity contribution in [2.24, 2.45) is 5.92 Å². The van der Waals surface area contributed by atoms with E-state index in [2.05, 4.69) is 15.4 Å². The van der Waals surface area contributed by atoms with E-state index < -0.39 is 0 Å². The third-order valence-corrected chi connectivity index (χ3v) is 3.38. The summed E-state index contributed by atoms with van der Waals surface area (Å²) in [6.45, 7) is 4.29. The molecule has 1 N–H and O–H groups in total. The predicted molar refractivity (Wildman–Crippen MR) is 72.8 cm³/mol. The van der Waals surface area contributed by atoms with Gasteiger partial charge in [-0.05, 0) is 25.0 Å². The summed E-state index contributed by atoms with van der Waals surface area (Å²) < 4.78 is 5.31. The van der Waals surface area contributed by atoms with Crippen LogP contribution in [0.5, 0.6) is 0 Å². The van der Waals surface area contributed by atoms with Crippen LogP contribution in [0.25, 0.3) is 10.9 Å². The van der Waals surface area contributed by atoms with E-state index in [4.69, 9.17) is 9.57 Å². The van der Waals surface area contributed by atoms with Crippen molar-refractivity contribution in [3.63, 3.8) is 0 Å². The number of rotatable bonds is 4. The Bertz CT molecular complexity index is 568. The van der Waals surface area contributed by atoms with Crippen LogP contribution in [-0.2, 0) is 9.57 Å². The second-order valence-electron chi connectivity index (χ2n) is 4.84. The minimum Gasteiger partial charge on any atom is -0.381 e. The van der Waals surface area contributed by atoms with Gasteiger partial charge in [-0.25, -0.2) is 15.4 Å². The van der Waals surface area contributed by atoms with Gasteiger partial charge in [-0.2, -0.15) is 0 Å². The molecule has 19 heavy (non-hydrogen) atoms. The van der Waals surface area contributed by atoms with Gasteiger partial charge in [0.05, 0.1) is 18.7 Å². The van der Waals surface area contributed by atoms with Gasteiger partial charge in [-0.15, -0.1) is 0 Å². The molecule has 0 aliphatic carbocycles. The molecule has 3 rings (SSSR count). The molecule has 0 amide bonds. The molecule has 5 heteroatoms. The average Bonchev–Trinajstić information content (AvgIpc) is 2.93. The van der Waals surface area contributed by atoms with E-state index in [0.29, 0.717) is 18.3 Å². The first-order chi connectivity index (χ1) is 9.34. The minimum absolute atomic E-state index is 0.474. The van der Waals surface area contributed by atoms with E-state index in [1.165, 1.54) is 0 Å². The summed E-state index contributed by atoms with van der Waals surface area (Å²) in [4.78, 5) is 14.1. The Labute approximate surface area is 111 Å².